The Morgan fingerprint density at radius 1 is 0.780 bits per heavy atom. The fourth-order valence-corrected chi connectivity index (χ4v) is 6.04. The Bertz CT molecular complexity index is 1620. The number of benzene rings is 3. The molecular weight excluding hydrogens is 530 g/mol. The zero-order chi connectivity index (χ0) is 29.2. The van der Waals surface area contributed by atoms with E-state index in [2.05, 4.69) is 0 Å². The zero-order valence-corrected chi connectivity index (χ0v) is 22.2. The number of aryl methyl sites for hydroxylation is 1. The van der Waals surface area contributed by atoms with Crippen molar-refractivity contribution in [1.82, 2.24) is 0 Å². The molecule has 2 amide bonds. The van der Waals surface area contributed by atoms with Crippen LogP contribution < -0.4 is 4.90 Å². The predicted molar refractivity (Wildman–Crippen MR) is 141 cm³/mol. The van der Waals surface area contributed by atoms with Gasteiger partial charge in [-0.1, -0.05) is 54.1 Å². The number of ether oxygens (including phenoxy) is 3. The quantitative estimate of drug-likeness (QED) is 0.271. The number of anilines is 1. The van der Waals surface area contributed by atoms with Gasteiger partial charge >= 0.3 is 11.9 Å². The van der Waals surface area contributed by atoms with Crippen molar-refractivity contribution in [3.63, 3.8) is 0 Å². The van der Waals surface area contributed by atoms with Crippen molar-refractivity contribution in [3.05, 3.63) is 100 Å². The van der Waals surface area contributed by atoms with Gasteiger partial charge in [-0.15, -0.1) is 0 Å². The van der Waals surface area contributed by atoms with E-state index >= 15 is 0 Å². The molecule has 0 saturated carbocycles. The summed E-state index contributed by atoms with van der Waals surface area (Å²) in [4.78, 5) is 81.8. The molecule has 6 rings (SSSR count). The van der Waals surface area contributed by atoms with Crippen molar-refractivity contribution in [2.45, 2.75) is 18.6 Å². The first-order valence-corrected chi connectivity index (χ1v) is 12.8. The van der Waals surface area contributed by atoms with Gasteiger partial charge in [0.2, 0.25) is 29.0 Å². The van der Waals surface area contributed by atoms with Gasteiger partial charge in [0, 0.05) is 11.1 Å². The van der Waals surface area contributed by atoms with Crippen LogP contribution in [0.4, 0.5) is 5.69 Å². The lowest BCUT2D eigenvalue weighted by Gasteiger charge is -2.27. The van der Waals surface area contributed by atoms with Crippen molar-refractivity contribution in [1.29, 1.82) is 0 Å². The third-order valence-electron chi connectivity index (χ3n) is 7.94. The predicted octanol–water partition coefficient (Wildman–Crippen LogP) is 3.26. The average Bonchev–Trinajstić information content (AvgIpc) is 3.56. The fraction of sp³-hybridized carbons (Fsp3) is 0.226. The number of rotatable bonds is 4. The lowest BCUT2D eigenvalue weighted by atomic mass is 9.77. The van der Waals surface area contributed by atoms with Crippen molar-refractivity contribution >= 4 is 41.0 Å². The van der Waals surface area contributed by atoms with Crippen LogP contribution in [-0.4, -0.2) is 55.1 Å². The fourth-order valence-electron chi connectivity index (χ4n) is 6.04. The van der Waals surface area contributed by atoms with E-state index in [1.807, 2.05) is 6.92 Å². The molecule has 41 heavy (non-hydrogen) atoms. The minimum atomic E-state index is -2.25. The van der Waals surface area contributed by atoms with E-state index in [9.17, 15) is 28.8 Å². The van der Waals surface area contributed by atoms with E-state index < -0.39 is 58.9 Å². The molecular formula is C31H23NO9. The molecule has 0 bridgehead atoms. The van der Waals surface area contributed by atoms with Crippen molar-refractivity contribution in [2.24, 2.45) is 11.8 Å². The van der Waals surface area contributed by atoms with Crippen molar-refractivity contribution in [3.8, 4) is 0 Å². The van der Waals surface area contributed by atoms with Crippen LogP contribution in [0, 0.1) is 18.8 Å². The molecule has 1 aliphatic carbocycles. The topological polar surface area (TPSA) is 133 Å². The highest BCUT2D eigenvalue weighted by Crippen LogP contribution is 2.57. The first-order chi connectivity index (χ1) is 19.6. The minimum absolute atomic E-state index is 0.106. The number of esters is 2. The second kappa shape index (κ2) is 9.31. The zero-order valence-electron chi connectivity index (χ0n) is 22.2. The number of carbonyl (C=O) groups is 6. The molecule has 3 unspecified atom stereocenters. The molecule has 3 atom stereocenters. The van der Waals surface area contributed by atoms with Gasteiger partial charge in [0.25, 0.3) is 0 Å². The summed E-state index contributed by atoms with van der Waals surface area (Å²) in [6.45, 7) is 1.88. The highest BCUT2D eigenvalue weighted by atomic mass is 16.5. The van der Waals surface area contributed by atoms with Gasteiger partial charge in [0.1, 0.15) is 0 Å². The maximum atomic E-state index is 14.2. The number of fused-ring (bicyclic) bond motifs is 3. The van der Waals surface area contributed by atoms with Crippen LogP contribution in [0.5, 0.6) is 0 Å². The monoisotopic (exact) mass is 553 g/mol. The van der Waals surface area contributed by atoms with Crippen LogP contribution in [0.1, 0.15) is 58.7 Å². The molecule has 2 saturated heterocycles. The number of carbonyl (C=O) groups excluding carboxylic acids is 6. The summed E-state index contributed by atoms with van der Waals surface area (Å²) < 4.78 is 15.9. The highest BCUT2D eigenvalue weighted by molar-refractivity contribution is 6.37. The summed E-state index contributed by atoms with van der Waals surface area (Å²) in [5, 5.41) is 0. The smallest absolute Gasteiger partial charge is 0.337 e. The molecule has 0 aromatic heterocycles. The van der Waals surface area contributed by atoms with Crippen LogP contribution in [0.15, 0.2) is 66.7 Å². The molecule has 1 spiro atoms. The number of methoxy groups -OCH3 is 2. The molecule has 3 aliphatic rings. The molecule has 0 radical (unpaired) electrons. The van der Waals surface area contributed by atoms with E-state index in [1.54, 1.807) is 36.4 Å². The molecule has 3 aromatic rings. The number of hydrogen-bond acceptors (Lipinski definition) is 9. The van der Waals surface area contributed by atoms with Gasteiger partial charge < -0.3 is 14.2 Å². The van der Waals surface area contributed by atoms with E-state index in [-0.39, 0.29) is 27.9 Å². The van der Waals surface area contributed by atoms with Crippen LogP contribution in [0.2, 0.25) is 0 Å². The number of nitrogens with zero attached hydrogens (tertiary/aromatic N) is 1. The standard InChI is InChI=1S/C31H23NO9/c1-15-8-10-16(11-9-15)24-22-23(31(41-24)25(33)20-6-4-5-7-21(20)26(31)34)28(36)32(27(22)35)19-13-17(29(37)39-2)12-18(14-19)30(38)40-3/h4-14,22-24H,1-3H3. The second-order valence-corrected chi connectivity index (χ2v) is 10.2. The van der Waals surface area contributed by atoms with Gasteiger partial charge in [-0.25, -0.2) is 14.5 Å². The minimum Gasteiger partial charge on any atom is -0.465 e. The average molecular weight is 554 g/mol. The largest absolute Gasteiger partial charge is 0.465 e. The molecule has 10 heteroatoms. The number of hydrogen-bond donors (Lipinski definition) is 0. The normalized spacial score (nSPS) is 22.2. The van der Waals surface area contributed by atoms with Crippen LogP contribution in [-0.2, 0) is 23.8 Å². The summed E-state index contributed by atoms with van der Waals surface area (Å²) in [5.41, 5.74) is -0.902. The van der Waals surface area contributed by atoms with Crippen LogP contribution in [0.25, 0.3) is 0 Å². The Morgan fingerprint density at radius 2 is 1.32 bits per heavy atom. The molecule has 2 fully saturated rings. The molecule has 2 heterocycles. The SMILES string of the molecule is COC(=O)c1cc(C(=O)OC)cc(N2C(=O)C3C(c4ccc(C)cc4)OC4(C(=O)c5ccccc5C4=O)C3C2=O)c1. The maximum Gasteiger partial charge on any atom is 0.337 e. The number of ketones is 2. The molecule has 2 aliphatic heterocycles. The summed E-state index contributed by atoms with van der Waals surface area (Å²) in [6, 6.07) is 16.9. The highest BCUT2D eigenvalue weighted by Gasteiger charge is 2.74. The Balaban J connectivity index is 1.54. The van der Waals surface area contributed by atoms with Gasteiger partial charge in [-0.2, -0.15) is 0 Å². The van der Waals surface area contributed by atoms with E-state index in [4.69, 9.17) is 14.2 Å². The van der Waals surface area contributed by atoms with Gasteiger partial charge in [-0.05, 0) is 30.7 Å². The van der Waals surface area contributed by atoms with E-state index in [0.717, 1.165) is 24.7 Å². The number of amides is 2. The first kappa shape index (κ1) is 26.3. The number of imide groups is 1. The molecule has 206 valence electrons. The summed E-state index contributed by atoms with van der Waals surface area (Å²) in [6.07, 6.45) is -1.10. The van der Waals surface area contributed by atoms with Crippen molar-refractivity contribution < 1.29 is 43.0 Å². The maximum absolute atomic E-state index is 14.2. The lowest BCUT2D eigenvalue weighted by molar-refractivity contribution is -0.127. The number of Topliss-reactive ketones (excluding diaryl/α,β-unsaturated/α-hetero) is 2. The van der Waals surface area contributed by atoms with Gasteiger partial charge in [0.05, 0.1) is 49.0 Å². The Kier molecular flexibility index (Phi) is 5.97. The van der Waals surface area contributed by atoms with E-state index in [0.29, 0.717) is 5.56 Å². The molecule has 3 aromatic carbocycles. The molecule has 10 nitrogen and oxygen atoms in total. The summed E-state index contributed by atoms with van der Waals surface area (Å²) in [5.74, 6) is -7.34. The van der Waals surface area contributed by atoms with Crippen LogP contribution >= 0.6 is 0 Å². The Hall–Kier alpha value is -4.96. The first-order valence-electron chi connectivity index (χ1n) is 12.8. The lowest BCUT2D eigenvalue weighted by Crippen LogP contribution is -2.51. The Labute approximate surface area is 233 Å². The van der Waals surface area contributed by atoms with Gasteiger partial charge in [-0.3, -0.25) is 19.2 Å². The third kappa shape index (κ3) is 3.60. The second-order valence-electron chi connectivity index (χ2n) is 10.2. The van der Waals surface area contributed by atoms with Crippen molar-refractivity contribution in [2.75, 3.05) is 19.1 Å². The summed E-state index contributed by atoms with van der Waals surface area (Å²) >= 11 is 0. The van der Waals surface area contributed by atoms with E-state index in [1.165, 1.54) is 30.3 Å². The summed E-state index contributed by atoms with van der Waals surface area (Å²) in [7, 11) is 2.29. The van der Waals surface area contributed by atoms with Crippen LogP contribution in [0.3, 0.4) is 0 Å². The molecule has 0 N–H and O–H groups in total. The Morgan fingerprint density at radius 3 is 1.83 bits per heavy atom. The van der Waals surface area contributed by atoms with Gasteiger partial charge in [0.15, 0.2) is 0 Å². The third-order valence-corrected chi connectivity index (χ3v) is 7.94.